The van der Waals surface area contributed by atoms with Crippen LogP contribution in [0.1, 0.15) is 154 Å². The molecule has 0 saturated carbocycles. The van der Waals surface area contributed by atoms with E-state index in [1.54, 1.807) is 0 Å². The van der Waals surface area contributed by atoms with E-state index >= 15 is 0 Å². The summed E-state index contributed by atoms with van der Waals surface area (Å²) in [4.78, 5) is 30.3. The molecule has 0 heterocycles. The summed E-state index contributed by atoms with van der Waals surface area (Å²) in [7, 11) is 0. The Balaban J connectivity index is 1.87. The monoisotopic (exact) mass is 693 g/mol. The van der Waals surface area contributed by atoms with Gasteiger partial charge in [-0.15, -0.1) is 0 Å². The Bertz CT molecular complexity index is 1060. The first-order chi connectivity index (χ1) is 24.5. The predicted molar refractivity (Wildman–Crippen MR) is 210 cm³/mol. The second-order valence-corrected chi connectivity index (χ2v) is 14.2. The van der Waals surface area contributed by atoms with Crippen molar-refractivity contribution in [3.8, 4) is 11.1 Å². The first kappa shape index (κ1) is 43.5. The van der Waals surface area contributed by atoms with E-state index in [0.29, 0.717) is 13.1 Å². The molecule has 282 valence electrons. The van der Waals surface area contributed by atoms with Crippen molar-refractivity contribution in [2.75, 3.05) is 39.3 Å². The van der Waals surface area contributed by atoms with Crippen molar-refractivity contribution in [3.63, 3.8) is 0 Å². The molecule has 0 bridgehead atoms. The SMILES string of the molecule is CCCCCCCCN(CCCCC)CC(=O)OCc1cccc(-c2cccc(COC(=O)CN(CCCCC)CCCCCCCC)c2)c1. The molecule has 2 aromatic rings. The van der Waals surface area contributed by atoms with Gasteiger partial charge in [0.05, 0.1) is 13.1 Å². The van der Waals surface area contributed by atoms with Crippen LogP contribution in [0.4, 0.5) is 0 Å². The second kappa shape index (κ2) is 28.9. The van der Waals surface area contributed by atoms with Gasteiger partial charge >= 0.3 is 11.9 Å². The summed E-state index contributed by atoms with van der Waals surface area (Å²) < 4.78 is 11.5. The highest BCUT2D eigenvalue weighted by Gasteiger charge is 2.14. The van der Waals surface area contributed by atoms with Crippen LogP contribution in [0.2, 0.25) is 0 Å². The Labute approximate surface area is 306 Å². The predicted octanol–water partition coefficient (Wildman–Crippen LogP) is 11.1. The van der Waals surface area contributed by atoms with Gasteiger partial charge in [0.1, 0.15) is 13.2 Å². The molecule has 0 saturated heterocycles. The zero-order chi connectivity index (χ0) is 36.1. The van der Waals surface area contributed by atoms with E-state index in [9.17, 15) is 9.59 Å². The van der Waals surface area contributed by atoms with Crippen molar-refractivity contribution in [2.45, 2.75) is 156 Å². The summed E-state index contributed by atoms with van der Waals surface area (Å²) in [6, 6.07) is 16.4. The van der Waals surface area contributed by atoms with Crippen LogP contribution in [0.5, 0.6) is 0 Å². The van der Waals surface area contributed by atoms with Gasteiger partial charge in [0.15, 0.2) is 0 Å². The fourth-order valence-electron chi connectivity index (χ4n) is 6.41. The van der Waals surface area contributed by atoms with Gasteiger partial charge in [-0.3, -0.25) is 19.4 Å². The van der Waals surface area contributed by atoms with Crippen molar-refractivity contribution >= 4 is 11.9 Å². The molecule has 2 aromatic carbocycles. The Morgan fingerprint density at radius 1 is 0.460 bits per heavy atom. The van der Waals surface area contributed by atoms with Gasteiger partial charge < -0.3 is 9.47 Å². The maximum atomic E-state index is 12.9. The smallest absolute Gasteiger partial charge is 0.320 e. The van der Waals surface area contributed by atoms with E-state index in [0.717, 1.165) is 74.1 Å². The van der Waals surface area contributed by atoms with Gasteiger partial charge in [-0.05, 0) is 86.2 Å². The number of nitrogens with zero attached hydrogens (tertiary/aromatic N) is 2. The van der Waals surface area contributed by atoms with E-state index in [2.05, 4.69) is 61.8 Å². The van der Waals surface area contributed by atoms with Crippen LogP contribution in [0, 0.1) is 0 Å². The zero-order valence-electron chi connectivity index (χ0n) is 32.5. The van der Waals surface area contributed by atoms with E-state index in [-0.39, 0.29) is 25.2 Å². The number of esters is 2. The number of rotatable bonds is 31. The highest BCUT2D eigenvalue weighted by atomic mass is 16.5. The maximum Gasteiger partial charge on any atom is 0.320 e. The summed E-state index contributed by atoms with van der Waals surface area (Å²) in [6.45, 7) is 14.0. The molecule has 0 aliphatic carbocycles. The van der Waals surface area contributed by atoms with Crippen LogP contribution in [0.15, 0.2) is 48.5 Å². The average Bonchev–Trinajstić information content (AvgIpc) is 3.13. The maximum absolute atomic E-state index is 12.9. The van der Waals surface area contributed by atoms with Crippen LogP contribution in [0.25, 0.3) is 11.1 Å². The zero-order valence-corrected chi connectivity index (χ0v) is 32.5. The Morgan fingerprint density at radius 2 is 0.780 bits per heavy atom. The molecule has 0 aliphatic heterocycles. The van der Waals surface area contributed by atoms with Gasteiger partial charge in [0.2, 0.25) is 0 Å². The number of ether oxygens (including phenoxy) is 2. The number of unbranched alkanes of at least 4 members (excludes halogenated alkanes) is 14. The minimum atomic E-state index is -0.155. The summed E-state index contributed by atoms with van der Waals surface area (Å²) in [6.07, 6.45) is 22.0. The quantitative estimate of drug-likeness (QED) is 0.0579. The minimum Gasteiger partial charge on any atom is -0.460 e. The van der Waals surface area contributed by atoms with E-state index in [4.69, 9.17) is 9.47 Å². The van der Waals surface area contributed by atoms with Crippen LogP contribution in [-0.2, 0) is 32.3 Å². The van der Waals surface area contributed by atoms with E-state index < -0.39 is 0 Å². The minimum absolute atomic E-state index is 0.155. The molecule has 0 atom stereocenters. The van der Waals surface area contributed by atoms with Crippen LogP contribution in [0.3, 0.4) is 0 Å². The third-order valence-electron chi connectivity index (χ3n) is 9.50. The van der Waals surface area contributed by atoms with Gasteiger partial charge in [-0.25, -0.2) is 0 Å². The van der Waals surface area contributed by atoms with Gasteiger partial charge in [-0.1, -0.05) is 154 Å². The number of hydrogen-bond donors (Lipinski definition) is 0. The third-order valence-corrected chi connectivity index (χ3v) is 9.50. The molecule has 0 aliphatic rings. The lowest BCUT2D eigenvalue weighted by Gasteiger charge is -2.21. The molecule has 0 aromatic heterocycles. The summed E-state index contributed by atoms with van der Waals surface area (Å²) in [5, 5.41) is 0. The topological polar surface area (TPSA) is 59.1 Å². The number of benzene rings is 2. The van der Waals surface area contributed by atoms with Crippen LogP contribution < -0.4 is 0 Å². The standard InChI is InChI=1S/C44H72N2O4/c1-5-9-13-15-17-21-31-45(29-19-11-7-3)35-43(47)49-37-39-25-23-27-41(33-39)42-28-24-26-40(34-42)38-50-44(48)36-46(30-20-12-8-4)32-22-18-16-14-10-6-2/h23-28,33-34H,5-22,29-32,35-38H2,1-4H3. The van der Waals surface area contributed by atoms with E-state index in [1.165, 1.54) is 89.9 Å². The van der Waals surface area contributed by atoms with E-state index in [1.807, 2.05) is 24.3 Å². The summed E-state index contributed by atoms with van der Waals surface area (Å²) in [5.74, 6) is -0.310. The average molecular weight is 693 g/mol. The molecular formula is C44H72N2O4. The molecule has 0 radical (unpaired) electrons. The van der Waals surface area contributed by atoms with Crippen LogP contribution in [-0.4, -0.2) is 61.0 Å². The van der Waals surface area contributed by atoms with Gasteiger partial charge in [0, 0.05) is 0 Å². The molecule has 0 amide bonds. The summed E-state index contributed by atoms with van der Waals surface area (Å²) >= 11 is 0. The Morgan fingerprint density at radius 3 is 1.16 bits per heavy atom. The van der Waals surface area contributed by atoms with Gasteiger partial charge in [-0.2, -0.15) is 0 Å². The first-order valence-corrected chi connectivity index (χ1v) is 20.4. The Kier molecular flexibility index (Phi) is 25.2. The highest BCUT2D eigenvalue weighted by Crippen LogP contribution is 2.23. The van der Waals surface area contributed by atoms with Crippen molar-refractivity contribution in [2.24, 2.45) is 0 Å². The van der Waals surface area contributed by atoms with Crippen LogP contribution >= 0.6 is 0 Å². The fraction of sp³-hybridized carbons (Fsp3) is 0.682. The fourth-order valence-corrected chi connectivity index (χ4v) is 6.41. The summed E-state index contributed by atoms with van der Waals surface area (Å²) in [5.41, 5.74) is 4.04. The van der Waals surface area contributed by atoms with Gasteiger partial charge in [0.25, 0.3) is 0 Å². The molecular weight excluding hydrogens is 620 g/mol. The van der Waals surface area contributed by atoms with Crippen molar-refractivity contribution in [1.82, 2.24) is 9.80 Å². The molecule has 0 unspecified atom stereocenters. The number of carbonyl (C=O) groups is 2. The molecule has 0 spiro atoms. The lowest BCUT2D eigenvalue weighted by atomic mass is 10.0. The molecule has 0 fully saturated rings. The van der Waals surface area contributed by atoms with Crippen molar-refractivity contribution < 1.29 is 19.1 Å². The molecule has 6 heteroatoms. The molecule has 0 N–H and O–H groups in total. The molecule has 50 heavy (non-hydrogen) atoms. The second-order valence-electron chi connectivity index (χ2n) is 14.2. The lowest BCUT2D eigenvalue weighted by molar-refractivity contribution is -0.147. The molecule has 2 rings (SSSR count). The number of carbonyl (C=O) groups excluding carboxylic acids is 2. The first-order valence-electron chi connectivity index (χ1n) is 20.4. The lowest BCUT2D eigenvalue weighted by Crippen LogP contribution is -2.32. The number of hydrogen-bond acceptors (Lipinski definition) is 6. The normalized spacial score (nSPS) is 11.4. The highest BCUT2D eigenvalue weighted by molar-refractivity contribution is 5.72. The van der Waals surface area contributed by atoms with Crippen molar-refractivity contribution in [1.29, 1.82) is 0 Å². The largest absolute Gasteiger partial charge is 0.460 e. The van der Waals surface area contributed by atoms with Crippen molar-refractivity contribution in [3.05, 3.63) is 59.7 Å². The third kappa shape index (κ3) is 20.8. The Hall–Kier alpha value is -2.70. The molecule has 6 nitrogen and oxygen atoms in total.